The summed E-state index contributed by atoms with van der Waals surface area (Å²) in [6, 6.07) is 5.84. The second-order valence-corrected chi connectivity index (χ2v) is 3.69. The predicted octanol–water partition coefficient (Wildman–Crippen LogP) is 2.20. The summed E-state index contributed by atoms with van der Waals surface area (Å²) < 4.78 is 0. The molecule has 2 aromatic rings. The van der Waals surface area contributed by atoms with Crippen LogP contribution in [0.5, 0.6) is 0 Å². The Labute approximate surface area is 94.8 Å². The number of nitrogens with one attached hydrogen (secondary N) is 1. The van der Waals surface area contributed by atoms with Gasteiger partial charge in [-0.2, -0.15) is 0 Å². The molecular formula is C12H14N4. The fourth-order valence-electron chi connectivity index (χ4n) is 1.41. The third-order valence-electron chi connectivity index (χ3n) is 2.25. The fraction of sp³-hybridized carbons (Fsp3) is 0.250. The minimum absolute atomic E-state index is 0.657. The van der Waals surface area contributed by atoms with E-state index in [-0.39, 0.29) is 0 Å². The lowest BCUT2D eigenvalue weighted by molar-refractivity contribution is 1.08. The summed E-state index contributed by atoms with van der Waals surface area (Å²) in [7, 11) is 1.84. The van der Waals surface area contributed by atoms with Gasteiger partial charge in [-0.25, -0.2) is 9.97 Å². The summed E-state index contributed by atoms with van der Waals surface area (Å²) in [4.78, 5) is 13.0. The zero-order chi connectivity index (χ0) is 11.5. The predicted molar refractivity (Wildman–Crippen MR) is 64.3 cm³/mol. The van der Waals surface area contributed by atoms with Gasteiger partial charge in [-0.3, -0.25) is 4.98 Å². The van der Waals surface area contributed by atoms with Crippen molar-refractivity contribution in [1.29, 1.82) is 0 Å². The van der Waals surface area contributed by atoms with Crippen LogP contribution in [0.3, 0.4) is 0 Å². The van der Waals surface area contributed by atoms with Crippen LogP contribution in [0, 0.1) is 13.8 Å². The maximum atomic E-state index is 4.37. The molecule has 0 aliphatic heterocycles. The van der Waals surface area contributed by atoms with E-state index in [0.29, 0.717) is 5.82 Å². The van der Waals surface area contributed by atoms with Gasteiger partial charge in [-0.1, -0.05) is 6.07 Å². The second kappa shape index (κ2) is 4.26. The van der Waals surface area contributed by atoms with Crippen molar-refractivity contribution >= 4 is 5.82 Å². The lowest BCUT2D eigenvalue weighted by atomic mass is 10.2. The van der Waals surface area contributed by atoms with Crippen LogP contribution in [-0.4, -0.2) is 22.0 Å². The molecule has 4 heteroatoms. The van der Waals surface area contributed by atoms with Crippen LogP contribution >= 0.6 is 0 Å². The maximum absolute atomic E-state index is 4.37. The van der Waals surface area contributed by atoms with Crippen molar-refractivity contribution in [1.82, 2.24) is 15.0 Å². The normalized spacial score (nSPS) is 10.2. The van der Waals surface area contributed by atoms with E-state index in [2.05, 4.69) is 20.3 Å². The van der Waals surface area contributed by atoms with Gasteiger partial charge in [0.2, 0.25) is 0 Å². The molecule has 0 atom stereocenters. The van der Waals surface area contributed by atoms with Crippen LogP contribution in [0.2, 0.25) is 0 Å². The van der Waals surface area contributed by atoms with Gasteiger partial charge in [0, 0.05) is 25.0 Å². The lowest BCUT2D eigenvalue weighted by Crippen LogP contribution is -1.99. The van der Waals surface area contributed by atoms with E-state index in [0.717, 1.165) is 22.8 Å². The van der Waals surface area contributed by atoms with Gasteiger partial charge in [0.25, 0.3) is 0 Å². The highest BCUT2D eigenvalue weighted by molar-refractivity contribution is 5.53. The summed E-state index contributed by atoms with van der Waals surface area (Å²) >= 11 is 0. The highest BCUT2D eigenvalue weighted by atomic mass is 15.0. The third-order valence-corrected chi connectivity index (χ3v) is 2.25. The molecule has 0 saturated carbocycles. The van der Waals surface area contributed by atoms with Crippen molar-refractivity contribution in [2.45, 2.75) is 13.8 Å². The molecule has 0 aromatic carbocycles. The Kier molecular flexibility index (Phi) is 2.81. The molecule has 4 nitrogen and oxygen atoms in total. The molecule has 1 N–H and O–H groups in total. The largest absolute Gasteiger partial charge is 0.373 e. The molecule has 0 bridgehead atoms. The quantitative estimate of drug-likeness (QED) is 0.832. The number of pyridine rings is 1. The van der Waals surface area contributed by atoms with Crippen molar-refractivity contribution in [3.05, 3.63) is 35.7 Å². The first-order valence-corrected chi connectivity index (χ1v) is 5.15. The molecule has 0 amide bonds. The van der Waals surface area contributed by atoms with E-state index >= 15 is 0 Å². The van der Waals surface area contributed by atoms with Crippen LogP contribution in [0.15, 0.2) is 24.4 Å². The van der Waals surface area contributed by atoms with Crippen LogP contribution in [0.1, 0.15) is 11.3 Å². The fourth-order valence-corrected chi connectivity index (χ4v) is 1.41. The first-order valence-electron chi connectivity index (χ1n) is 5.15. The Morgan fingerprint density at radius 2 is 1.94 bits per heavy atom. The number of rotatable bonds is 2. The van der Waals surface area contributed by atoms with Crippen molar-refractivity contribution in [2.24, 2.45) is 0 Å². The molecule has 0 aliphatic rings. The van der Waals surface area contributed by atoms with Crippen LogP contribution < -0.4 is 5.32 Å². The molecule has 0 saturated heterocycles. The molecule has 16 heavy (non-hydrogen) atoms. The molecule has 2 heterocycles. The summed E-state index contributed by atoms with van der Waals surface area (Å²) in [6.45, 7) is 3.95. The molecule has 0 aliphatic carbocycles. The van der Waals surface area contributed by atoms with Gasteiger partial charge >= 0.3 is 0 Å². The van der Waals surface area contributed by atoms with Crippen molar-refractivity contribution in [3.63, 3.8) is 0 Å². The monoisotopic (exact) mass is 214 g/mol. The zero-order valence-corrected chi connectivity index (χ0v) is 9.65. The van der Waals surface area contributed by atoms with Gasteiger partial charge in [-0.05, 0) is 25.5 Å². The smallest absolute Gasteiger partial charge is 0.180 e. The molecule has 0 radical (unpaired) electrons. The number of hydrogen-bond donors (Lipinski definition) is 1. The zero-order valence-electron chi connectivity index (χ0n) is 9.65. The summed E-state index contributed by atoms with van der Waals surface area (Å²) in [5, 5.41) is 3.01. The van der Waals surface area contributed by atoms with Crippen LogP contribution in [0.4, 0.5) is 5.82 Å². The van der Waals surface area contributed by atoms with Gasteiger partial charge in [0.15, 0.2) is 5.82 Å². The molecule has 82 valence electrons. The molecular weight excluding hydrogens is 200 g/mol. The van der Waals surface area contributed by atoms with Crippen molar-refractivity contribution in [3.8, 4) is 11.5 Å². The topological polar surface area (TPSA) is 50.7 Å². The van der Waals surface area contributed by atoms with Crippen molar-refractivity contribution in [2.75, 3.05) is 12.4 Å². The molecule has 2 aromatic heterocycles. The standard InChI is InChI=1S/C12H14N4/c1-8-4-5-10(14-7-8)12-15-9(2)6-11(13-3)16-12/h4-7H,1-3H3,(H,13,15,16). The number of nitrogens with zero attached hydrogens (tertiary/aromatic N) is 3. The molecule has 2 rings (SSSR count). The average Bonchev–Trinajstić information content (AvgIpc) is 2.29. The third kappa shape index (κ3) is 2.16. The average molecular weight is 214 g/mol. The SMILES string of the molecule is CNc1cc(C)nc(-c2ccc(C)cn2)n1. The van der Waals surface area contributed by atoms with E-state index in [1.807, 2.05) is 45.3 Å². The Morgan fingerprint density at radius 3 is 2.56 bits per heavy atom. The van der Waals surface area contributed by atoms with E-state index in [4.69, 9.17) is 0 Å². The molecule has 0 fully saturated rings. The second-order valence-electron chi connectivity index (χ2n) is 3.69. The lowest BCUT2D eigenvalue weighted by Gasteiger charge is -2.04. The van der Waals surface area contributed by atoms with E-state index in [1.165, 1.54) is 0 Å². The van der Waals surface area contributed by atoms with Gasteiger partial charge < -0.3 is 5.32 Å². The minimum Gasteiger partial charge on any atom is -0.373 e. The summed E-state index contributed by atoms with van der Waals surface area (Å²) in [5.41, 5.74) is 2.85. The maximum Gasteiger partial charge on any atom is 0.180 e. The summed E-state index contributed by atoms with van der Waals surface area (Å²) in [5.74, 6) is 1.47. The molecule has 0 spiro atoms. The summed E-state index contributed by atoms with van der Waals surface area (Å²) in [6.07, 6.45) is 1.82. The first kappa shape index (κ1) is 10.5. The number of aromatic nitrogens is 3. The van der Waals surface area contributed by atoms with E-state index < -0.39 is 0 Å². The van der Waals surface area contributed by atoms with Gasteiger partial charge in [-0.15, -0.1) is 0 Å². The Bertz CT molecular complexity index is 491. The van der Waals surface area contributed by atoms with Crippen LogP contribution in [-0.2, 0) is 0 Å². The Balaban J connectivity index is 2.47. The van der Waals surface area contributed by atoms with E-state index in [1.54, 1.807) is 0 Å². The highest BCUT2D eigenvalue weighted by Gasteiger charge is 2.04. The van der Waals surface area contributed by atoms with E-state index in [9.17, 15) is 0 Å². The van der Waals surface area contributed by atoms with Gasteiger partial charge in [0.05, 0.1) is 0 Å². The highest BCUT2D eigenvalue weighted by Crippen LogP contribution is 2.15. The Morgan fingerprint density at radius 1 is 1.12 bits per heavy atom. The number of hydrogen-bond acceptors (Lipinski definition) is 4. The van der Waals surface area contributed by atoms with Gasteiger partial charge in [0.1, 0.15) is 11.5 Å². The van der Waals surface area contributed by atoms with Crippen molar-refractivity contribution < 1.29 is 0 Å². The molecule has 0 unspecified atom stereocenters. The Hall–Kier alpha value is -1.97. The first-order chi connectivity index (χ1) is 7.69. The number of anilines is 1. The minimum atomic E-state index is 0.657. The van der Waals surface area contributed by atoms with Crippen LogP contribution in [0.25, 0.3) is 11.5 Å². The number of aryl methyl sites for hydroxylation is 2.